The lowest BCUT2D eigenvalue weighted by Gasteiger charge is -2.08. The molecule has 30 heavy (non-hydrogen) atoms. The number of amides is 2. The fourth-order valence-electron chi connectivity index (χ4n) is 2.77. The van der Waals surface area contributed by atoms with E-state index < -0.39 is 11.8 Å². The van der Waals surface area contributed by atoms with Crippen LogP contribution in [0.25, 0.3) is 0 Å². The van der Waals surface area contributed by atoms with Crippen LogP contribution in [0.3, 0.4) is 0 Å². The van der Waals surface area contributed by atoms with Crippen LogP contribution >= 0.6 is 0 Å². The average molecular weight is 401 g/mol. The second-order valence-corrected chi connectivity index (χ2v) is 6.82. The lowest BCUT2D eigenvalue weighted by atomic mass is 10.1. The van der Waals surface area contributed by atoms with Crippen LogP contribution in [0, 0.1) is 13.8 Å². The highest BCUT2D eigenvalue weighted by molar-refractivity contribution is 6.39. The number of nitrogens with zero attached hydrogens (tertiary/aromatic N) is 1. The van der Waals surface area contributed by atoms with Crippen LogP contribution in [0.1, 0.15) is 22.3 Å². The van der Waals surface area contributed by atoms with Gasteiger partial charge in [0.1, 0.15) is 12.4 Å². The predicted octanol–water partition coefficient (Wildman–Crippen LogP) is 3.97. The third kappa shape index (κ3) is 6.04. The Balaban J connectivity index is 1.52. The standard InChI is InChI=1S/C24H23N3O3/c1-17-11-12-22(18(2)13-17)26-23(28)24(29)27-25-15-20-9-6-10-21(14-20)30-16-19-7-4-3-5-8-19/h3-15H,16H2,1-2H3,(H,26,28)(H,27,29)/b25-15+. The lowest BCUT2D eigenvalue weighted by molar-refractivity contribution is -0.136. The molecule has 0 radical (unpaired) electrons. The Kier molecular flexibility index (Phi) is 6.95. The fraction of sp³-hybridized carbons (Fsp3) is 0.125. The van der Waals surface area contributed by atoms with E-state index in [4.69, 9.17) is 4.74 Å². The van der Waals surface area contributed by atoms with Crippen molar-refractivity contribution in [3.05, 3.63) is 95.1 Å². The summed E-state index contributed by atoms with van der Waals surface area (Å²) in [7, 11) is 0. The fourth-order valence-corrected chi connectivity index (χ4v) is 2.77. The molecule has 0 aliphatic carbocycles. The molecule has 6 heteroatoms. The molecule has 0 atom stereocenters. The molecule has 2 amide bonds. The highest BCUT2D eigenvalue weighted by atomic mass is 16.5. The molecule has 0 unspecified atom stereocenters. The van der Waals surface area contributed by atoms with Gasteiger partial charge in [-0.05, 0) is 48.7 Å². The van der Waals surface area contributed by atoms with Crippen LogP contribution in [-0.4, -0.2) is 18.0 Å². The number of anilines is 1. The van der Waals surface area contributed by atoms with Crippen molar-refractivity contribution in [3.8, 4) is 5.75 Å². The summed E-state index contributed by atoms with van der Waals surface area (Å²) in [5.74, 6) is -0.941. The maximum Gasteiger partial charge on any atom is 0.329 e. The SMILES string of the molecule is Cc1ccc(NC(=O)C(=O)N/N=C/c2cccc(OCc3ccccc3)c2)c(C)c1. The van der Waals surface area contributed by atoms with Gasteiger partial charge in [0.05, 0.1) is 6.21 Å². The van der Waals surface area contributed by atoms with Crippen LogP contribution in [0.4, 0.5) is 5.69 Å². The van der Waals surface area contributed by atoms with Gasteiger partial charge >= 0.3 is 11.8 Å². The molecule has 0 bridgehead atoms. The van der Waals surface area contributed by atoms with Crippen molar-refractivity contribution in [2.75, 3.05) is 5.32 Å². The summed E-state index contributed by atoms with van der Waals surface area (Å²) in [6, 6.07) is 22.7. The summed E-state index contributed by atoms with van der Waals surface area (Å²) in [6.07, 6.45) is 1.46. The highest BCUT2D eigenvalue weighted by Gasteiger charge is 2.13. The van der Waals surface area contributed by atoms with Crippen molar-refractivity contribution in [2.45, 2.75) is 20.5 Å². The Morgan fingerprint density at radius 2 is 1.73 bits per heavy atom. The van der Waals surface area contributed by atoms with Gasteiger partial charge in [0.25, 0.3) is 0 Å². The van der Waals surface area contributed by atoms with Crippen molar-refractivity contribution >= 4 is 23.7 Å². The minimum Gasteiger partial charge on any atom is -0.489 e. The molecule has 6 nitrogen and oxygen atoms in total. The number of aryl methyl sites for hydroxylation is 2. The minimum absolute atomic E-state index is 0.455. The lowest BCUT2D eigenvalue weighted by Crippen LogP contribution is -2.32. The zero-order chi connectivity index (χ0) is 21.3. The van der Waals surface area contributed by atoms with E-state index in [2.05, 4.69) is 15.8 Å². The number of benzene rings is 3. The van der Waals surface area contributed by atoms with Crippen LogP contribution in [0.15, 0.2) is 77.9 Å². The highest BCUT2D eigenvalue weighted by Crippen LogP contribution is 2.16. The molecule has 0 saturated carbocycles. The van der Waals surface area contributed by atoms with Crippen molar-refractivity contribution in [1.82, 2.24) is 5.43 Å². The first-order valence-corrected chi connectivity index (χ1v) is 9.50. The smallest absolute Gasteiger partial charge is 0.329 e. The van der Waals surface area contributed by atoms with Gasteiger partial charge in [-0.2, -0.15) is 5.10 Å². The predicted molar refractivity (Wildman–Crippen MR) is 117 cm³/mol. The molecule has 0 spiro atoms. The maximum absolute atomic E-state index is 12.0. The van der Waals surface area contributed by atoms with E-state index in [9.17, 15) is 9.59 Å². The Morgan fingerprint density at radius 1 is 0.933 bits per heavy atom. The third-order valence-corrected chi connectivity index (χ3v) is 4.32. The quantitative estimate of drug-likeness (QED) is 0.373. The third-order valence-electron chi connectivity index (χ3n) is 4.32. The van der Waals surface area contributed by atoms with Gasteiger partial charge in [0, 0.05) is 5.69 Å². The van der Waals surface area contributed by atoms with Crippen molar-refractivity contribution in [2.24, 2.45) is 5.10 Å². The topological polar surface area (TPSA) is 79.8 Å². The largest absolute Gasteiger partial charge is 0.489 e. The number of ether oxygens (including phenoxy) is 1. The number of rotatable bonds is 6. The molecule has 0 heterocycles. The van der Waals surface area contributed by atoms with Gasteiger partial charge in [-0.1, -0.05) is 60.2 Å². The first kappa shape index (κ1) is 20.8. The molecule has 0 fully saturated rings. The minimum atomic E-state index is -0.845. The number of hydrogen-bond acceptors (Lipinski definition) is 4. The zero-order valence-corrected chi connectivity index (χ0v) is 16.9. The van der Waals surface area contributed by atoms with Gasteiger partial charge < -0.3 is 10.1 Å². The van der Waals surface area contributed by atoms with E-state index >= 15 is 0 Å². The van der Waals surface area contributed by atoms with Gasteiger partial charge in [-0.25, -0.2) is 5.43 Å². The molecule has 3 aromatic carbocycles. The number of nitrogens with one attached hydrogen (secondary N) is 2. The summed E-state index contributed by atoms with van der Waals surface area (Å²) < 4.78 is 5.77. The molecule has 0 saturated heterocycles. The Hall–Kier alpha value is -3.93. The van der Waals surface area contributed by atoms with Crippen molar-refractivity contribution < 1.29 is 14.3 Å². The maximum atomic E-state index is 12.0. The van der Waals surface area contributed by atoms with Crippen LogP contribution in [0.5, 0.6) is 5.75 Å². The summed E-state index contributed by atoms with van der Waals surface area (Å²) in [5, 5.41) is 6.44. The van der Waals surface area contributed by atoms with Crippen LogP contribution < -0.4 is 15.5 Å². The number of hydrazone groups is 1. The van der Waals surface area contributed by atoms with E-state index in [0.717, 1.165) is 22.3 Å². The first-order valence-electron chi connectivity index (χ1n) is 9.50. The molecule has 152 valence electrons. The molecule has 3 rings (SSSR count). The van der Waals surface area contributed by atoms with Crippen molar-refractivity contribution in [3.63, 3.8) is 0 Å². The molecular formula is C24H23N3O3. The molecule has 0 aliphatic rings. The van der Waals surface area contributed by atoms with E-state index in [1.807, 2.05) is 74.5 Å². The molecule has 0 aromatic heterocycles. The molecular weight excluding hydrogens is 378 g/mol. The van der Waals surface area contributed by atoms with E-state index in [1.165, 1.54) is 6.21 Å². The van der Waals surface area contributed by atoms with Gasteiger partial charge in [-0.3, -0.25) is 9.59 Å². The monoisotopic (exact) mass is 401 g/mol. The van der Waals surface area contributed by atoms with E-state index in [-0.39, 0.29) is 0 Å². The van der Waals surface area contributed by atoms with E-state index in [1.54, 1.807) is 12.1 Å². The van der Waals surface area contributed by atoms with Crippen LogP contribution in [-0.2, 0) is 16.2 Å². The van der Waals surface area contributed by atoms with E-state index in [0.29, 0.717) is 18.0 Å². The zero-order valence-electron chi connectivity index (χ0n) is 16.9. The molecule has 3 aromatic rings. The van der Waals surface area contributed by atoms with Gasteiger partial charge in [0.2, 0.25) is 0 Å². The Labute approximate surface area is 175 Å². The summed E-state index contributed by atoms with van der Waals surface area (Å²) >= 11 is 0. The van der Waals surface area contributed by atoms with Crippen molar-refractivity contribution in [1.29, 1.82) is 0 Å². The average Bonchev–Trinajstić information content (AvgIpc) is 2.75. The second kappa shape index (κ2) is 10.0. The Bertz CT molecular complexity index is 1060. The number of carbonyl (C=O) groups is 2. The molecule has 0 aliphatic heterocycles. The number of hydrogen-bond donors (Lipinski definition) is 2. The van der Waals surface area contributed by atoms with Crippen LogP contribution in [0.2, 0.25) is 0 Å². The van der Waals surface area contributed by atoms with Gasteiger partial charge in [-0.15, -0.1) is 0 Å². The summed E-state index contributed by atoms with van der Waals surface area (Å²) in [5.41, 5.74) is 6.59. The summed E-state index contributed by atoms with van der Waals surface area (Å²) in [4.78, 5) is 24.0. The Morgan fingerprint density at radius 3 is 2.50 bits per heavy atom. The summed E-state index contributed by atoms with van der Waals surface area (Å²) in [6.45, 7) is 4.28. The first-order chi connectivity index (χ1) is 14.5. The molecule has 2 N–H and O–H groups in total. The second-order valence-electron chi connectivity index (χ2n) is 6.82. The number of carbonyl (C=O) groups excluding carboxylic acids is 2. The normalized spacial score (nSPS) is 10.6. The van der Waals surface area contributed by atoms with Gasteiger partial charge in [0.15, 0.2) is 0 Å².